The van der Waals surface area contributed by atoms with Gasteiger partial charge in [0.15, 0.2) is 0 Å². The van der Waals surface area contributed by atoms with Crippen molar-refractivity contribution < 1.29 is 4.74 Å². The van der Waals surface area contributed by atoms with Crippen LogP contribution in [0.25, 0.3) is 0 Å². The third-order valence-electron chi connectivity index (χ3n) is 3.51. The molecule has 0 bridgehead atoms. The fraction of sp³-hybridized carbons (Fsp3) is 0.714. The Morgan fingerprint density at radius 2 is 2.35 bits per heavy atom. The lowest BCUT2D eigenvalue weighted by Crippen LogP contribution is -2.33. The van der Waals surface area contributed by atoms with E-state index in [4.69, 9.17) is 4.74 Å². The van der Waals surface area contributed by atoms with Crippen molar-refractivity contribution in [1.82, 2.24) is 5.32 Å². The lowest BCUT2D eigenvalue weighted by molar-refractivity contribution is 0.0392. The summed E-state index contributed by atoms with van der Waals surface area (Å²) in [4.78, 5) is 2.87. The van der Waals surface area contributed by atoms with Gasteiger partial charge in [0, 0.05) is 28.3 Å². The van der Waals surface area contributed by atoms with Gasteiger partial charge in [-0.25, -0.2) is 0 Å². The molecule has 1 aromatic heterocycles. The molecule has 0 radical (unpaired) electrons. The Bertz CT molecular complexity index is 355. The third-order valence-corrected chi connectivity index (χ3v) is 4.49. The summed E-state index contributed by atoms with van der Waals surface area (Å²) < 4.78 is 5.64. The molecule has 1 saturated heterocycles. The largest absolute Gasteiger partial charge is 0.381 e. The standard InChI is InChI=1S/C14H23NOS/c1-4-15-14(12-6-5-7-16-9-12)13-8-10(2)17-11(13)3/h8,12,14-15H,4-7,9H2,1-3H3. The molecule has 0 spiro atoms. The molecule has 2 nitrogen and oxygen atoms in total. The zero-order valence-electron chi connectivity index (χ0n) is 11.1. The molecule has 3 heteroatoms. The molecule has 1 aliphatic heterocycles. The first kappa shape index (κ1) is 13.1. The number of aryl methyl sites for hydroxylation is 2. The van der Waals surface area contributed by atoms with Gasteiger partial charge < -0.3 is 10.1 Å². The summed E-state index contributed by atoms with van der Waals surface area (Å²) in [6.45, 7) is 9.49. The first-order valence-corrected chi connectivity index (χ1v) is 7.42. The van der Waals surface area contributed by atoms with Gasteiger partial charge in [-0.3, -0.25) is 0 Å². The molecule has 96 valence electrons. The molecule has 2 atom stereocenters. The summed E-state index contributed by atoms with van der Waals surface area (Å²) >= 11 is 1.91. The van der Waals surface area contributed by atoms with Gasteiger partial charge in [-0.2, -0.15) is 0 Å². The molecule has 0 aromatic carbocycles. The Hall–Kier alpha value is -0.380. The molecule has 1 aliphatic rings. The van der Waals surface area contributed by atoms with E-state index in [1.54, 1.807) is 0 Å². The summed E-state index contributed by atoms with van der Waals surface area (Å²) in [5, 5.41) is 3.65. The van der Waals surface area contributed by atoms with Gasteiger partial charge in [-0.05, 0) is 44.9 Å². The minimum Gasteiger partial charge on any atom is -0.381 e. The van der Waals surface area contributed by atoms with Crippen LogP contribution in [0.3, 0.4) is 0 Å². The Kier molecular flexibility index (Phi) is 4.60. The van der Waals surface area contributed by atoms with Crippen LogP contribution in [-0.2, 0) is 4.74 Å². The first-order valence-electron chi connectivity index (χ1n) is 6.60. The van der Waals surface area contributed by atoms with E-state index in [1.165, 1.54) is 28.2 Å². The minimum absolute atomic E-state index is 0.477. The normalized spacial score (nSPS) is 22.6. The average Bonchev–Trinajstić information content (AvgIpc) is 2.66. The number of ether oxygens (including phenoxy) is 1. The molecule has 17 heavy (non-hydrogen) atoms. The van der Waals surface area contributed by atoms with Gasteiger partial charge >= 0.3 is 0 Å². The van der Waals surface area contributed by atoms with Crippen LogP contribution < -0.4 is 5.32 Å². The highest BCUT2D eigenvalue weighted by atomic mass is 32.1. The van der Waals surface area contributed by atoms with Gasteiger partial charge in [-0.15, -0.1) is 11.3 Å². The fourth-order valence-corrected chi connectivity index (χ4v) is 3.71. The number of rotatable bonds is 4. The van der Waals surface area contributed by atoms with Crippen molar-refractivity contribution in [1.29, 1.82) is 0 Å². The van der Waals surface area contributed by atoms with Crippen LogP contribution in [0.5, 0.6) is 0 Å². The molecule has 0 aliphatic carbocycles. The summed E-state index contributed by atoms with van der Waals surface area (Å²) in [5.74, 6) is 0.636. The molecular weight excluding hydrogens is 230 g/mol. The number of thiophene rings is 1. The molecule has 1 N–H and O–H groups in total. The highest BCUT2D eigenvalue weighted by Crippen LogP contribution is 2.34. The predicted octanol–water partition coefficient (Wildman–Crippen LogP) is 3.44. The monoisotopic (exact) mass is 253 g/mol. The van der Waals surface area contributed by atoms with E-state index in [1.807, 2.05) is 11.3 Å². The number of hydrogen-bond donors (Lipinski definition) is 1. The van der Waals surface area contributed by atoms with E-state index in [0.29, 0.717) is 12.0 Å². The third kappa shape index (κ3) is 3.09. The second kappa shape index (κ2) is 5.98. The van der Waals surface area contributed by atoms with E-state index in [-0.39, 0.29) is 0 Å². The van der Waals surface area contributed by atoms with Gasteiger partial charge in [-0.1, -0.05) is 6.92 Å². The van der Waals surface area contributed by atoms with Crippen molar-refractivity contribution in [2.45, 2.75) is 39.7 Å². The number of hydrogen-bond acceptors (Lipinski definition) is 3. The molecular formula is C14H23NOS. The van der Waals surface area contributed by atoms with Gasteiger partial charge in [0.25, 0.3) is 0 Å². The molecule has 1 aromatic rings. The maximum Gasteiger partial charge on any atom is 0.0512 e. The number of nitrogens with one attached hydrogen (secondary N) is 1. The zero-order chi connectivity index (χ0) is 12.3. The minimum atomic E-state index is 0.477. The topological polar surface area (TPSA) is 21.3 Å². The quantitative estimate of drug-likeness (QED) is 0.887. The van der Waals surface area contributed by atoms with E-state index in [2.05, 4.69) is 32.2 Å². The van der Waals surface area contributed by atoms with Gasteiger partial charge in [0.05, 0.1) is 6.61 Å². The van der Waals surface area contributed by atoms with Crippen LogP contribution in [0.4, 0.5) is 0 Å². The Morgan fingerprint density at radius 1 is 1.53 bits per heavy atom. The van der Waals surface area contributed by atoms with E-state index in [9.17, 15) is 0 Å². The highest BCUT2D eigenvalue weighted by molar-refractivity contribution is 7.12. The molecule has 0 amide bonds. The zero-order valence-corrected chi connectivity index (χ0v) is 11.9. The van der Waals surface area contributed by atoms with Crippen molar-refractivity contribution in [3.05, 3.63) is 21.4 Å². The Labute approximate surface area is 108 Å². The highest BCUT2D eigenvalue weighted by Gasteiger charge is 2.26. The second-order valence-corrected chi connectivity index (χ2v) is 6.34. The van der Waals surface area contributed by atoms with E-state index in [0.717, 1.165) is 19.8 Å². The van der Waals surface area contributed by atoms with Crippen molar-refractivity contribution in [3.8, 4) is 0 Å². The molecule has 2 heterocycles. The molecule has 2 rings (SSSR count). The van der Waals surface area contributed by atoms with Gasteiger partial charge in [0.2, 0.25) is 0 Å². The predicted molar refractivity (Wildman–Crippen MR) is 73.8 cm³/mol. The fourth-order valence-electron chi connectivity index (χ4n) is 2.74. The Balaban J connectivity index is 2.18. The smallest absolute Gasteiger partial charge is 0.0512 e. The van der Waals surface area contributed by atoms with Crippen LogP contribution >= 0.6 is 11.3 Å². The van der Waals surface area contributed by atoms with Crippen molar-refractivity contribution >= 4 is 11.3 Å². The maximum absolute atomic E-state index is 5.64. The molecule has 0 saturated carbocycles. The van der Waals surface area contributed by atoms with Crippen LogP contribution in [0, 0.1) is 19.8 Å². The van der Waals surface area contributed by atoms with E-state index < -0.39 is 0 Å². The van der Waals surface area contributed by atoms with Crippen molar-refractivity contribution in [2.24, 2.45) is 5.92 Å². The second-order valence-electron chi connectivity index (χ2n) is 4.88. The maximum atomic E-state index is 5.64. The van der Waals surface area contributed by atoms with Crippen LogP contribution in [-0.4, -0.2) is 19.8 Å². The summed E-state index contributed by atoms with van der Waals surface area (Å²) in [5.41, 5.74) is 1.49. The van der Waals surface area contributed by atoms with Crippen molar-refractivity contribution in [3.63, 3.8) is 0 Å². The van der Waals surface area contributed by atoms with Crippen LogP contribution in [0.2, 0.25) is 0 Å². The first-order chi connectivity index (χ1) is 8.22. The van der Waals surface area contributed by atoms with Gasteiger partial charge in [0.1, 0.15) is 0 Å². The lowest BCUT2D eigenvalue weighted by Gasteiger charge is -2.31. The molecule has 2 unspecified atom stereocenters. The molecule has 1 fully saturated rings. The van der Waals surface area contributed by atoms with Crippen LogP contribution in [0.15, 0.2) is 6.07 Å². The SMILES string of the molecule is CCNC(c1cc(C)sc1C)C1CCCOC1. The van der Waals surface area contributed by atoms with E-state index >= 15 is 0 Å². The average molecular weight is 253 g/mol. The summed E-state index contributed by atoms with van der Waals surface area (Å²) in [6.07, 6.45) is 2.49. The summed E-state index contributed by atoms with van der Waals surface area (Å²) in [6, 6.07) is 2.83. The van der Waals surface area contributed by atoms with Crippen LogP contribution in [0.1, 0.15) is 41.1 Å². The summed E-state index contributed by atoms with van der Waals surface area (Å²) in [7, 11) is 0. The Morgan fingerprint density at radius 3 is 2.88 bits per heavy atom. The lowest BCUT2D eigenvalue weighted by atomic mass is 9.89. The van der Waals surface area contributed by atoms with Crippen molar-refractivity contribution in [2.75, 3.05) is 19.8 Å².